The number of sulfonamides is 1. The van der Waals surface area contributed by atoms with Crippen molar-refractivity contribution < 1.29 is 17.9 Å². The summed E-state index contributed by atoms with van der Waals surface area (Å²) < 4.78 is 31.1. The summed E-state index contributed by atoms with van der Waals surface area (Å²) in [7, 11) is 0.677. The van der Waals surface area contributed by atoms with Crippen LogP contribution in [0.5, 0.6) is 5.75 Å². The third-order valence-electron chi connectivity index (χ3n) is 3.79. The number of nitrogens with one attached hydrogen (secondary N) is 1. The number of hydrogen-bond acceptors (Lipinski definition) is 5. The fraction of sp³-hybridized carbons (Fsp3) is 0.250. The first-order valence-electron chi connectivity index (χ1n) is 8.59. The molecule has 0 spiro atoms. The number of amides is 1. The molecule has 2 aromatic rings. The number of ether oxygens (including phenoxy) is 1. The van der Waals surface area contributed by atoms with Gasteiger partial charge < -0.3 is 10.1 Å². The summed E-state index contributed by atoms with van der Waals surface area (Å²) in [6, 6.07) is 14.7. The van der Waals surface area contributed by atoms with Crippen molar-refractivity contribution in [2.75, 3.05) is 33.5 Å². The molecule has 0 bridgehead atoms. The van der Waals surface area contributed by atoms with Crippen LogP contribution in [0.15, 0.2) is 64.4 Å². The van der Waals surface area contributed by atoms with Crippen LogP contribution in [0, 0.1) is 0 Å². The summed E-state index contributed by atoms with van der Waals surface area (Å²) >= 11 is 1.66. The van der Waals surface area contributed by atoms with Gasteiger partial charge in [-0.2, -0.15) is 0 Å². The van der Waals surface area contributed by atoms with Crippen LogP contribution in [-0.2, 0) is 14.8 Å². The minimum Gasteiger partial charge on any atom is -0.495 e. The molecule has 0 atom stereocenters. The van der Waals surface area contributed by atoms with Gasteiger partial charge in [0.1, 0.15) is 10.6 Å². The van der Waals surface area contributed by atoms with Gasteiger partial charge in [-0.3, -0.25) is 4.79 Å². The predicted octanol–water partition coefficient (Wildman–Crippen LogP) is 2.87. The summed E-state index contributed by atoms with van der Waals surface area (Å²) in [4.78, 5) is 13.2. The molecule has 1 amide bonds. The number of benzene rings is 2. The second-order valence-corrected chi connectivity index (χ2v) is 9.27. The monoisotopic (exact) mass is 420 g/mol. The number of methoxy groups -OCH3 is 1. The Morgan fingerprint density at radius 1 is 1.18 bits per heavy atom. The van der Waals surface area contributed by atoms with Gasteiger partial charge >= 0.3 is 0 Å². The Kier molecular flexibility index (Phi) is 8.10. The average molecular weight is 421 g/mol. The zero-order chi connectivity index (χ0) is 20.6. The van der Waals surface area contributed by atoms with Crippen LogP contribution in [0.25, 0.3) is 6.08 Å². The topological polar surface area (TPSA) is 75.7 Å². The molecule has 0 aliphatic rings. The molecule has 28 heavy (non-hydrogen) atoms. The maximum Gasteiger partial charge on any atom is 0.246 e. The third kappa shape index (κ3) is 6.12. The van der Waals surface area contributed by atoms with E-state index in [0.717, 1.165) is 15.0 Å². The Morgan fingerprint density at radius 2 is 1.89 bits per heavy atom. The molecular weight excluding hydrogens is 396 g/mol. The molecular formula is C20H24N2O4S2. The first kappa shape index (κ1) is 22.0. The van der Waals surface area contributed by atoms with Crippen molar-refractivity contribution in [3.05, 3.63) is 60.2 Å². The van der Waals surface area contributed by atoms with Crippen molar-refractivity contribution in [3.63, 3.8) is 0 Å². The predicted molar refractivity (Wildman–Crippen MR) is 113 cm³/mol. The van der Waals surface area contributed by atoms with Crippen LogP contribution >= 0.6 is 11.8 Å². The lowest BCUT2D eigenvalue weighted by Crippen LogP contribution is -2.23. The summed E-state index contributed by atoms with van der Waals surface area (Å²) in [5.41, 5.74) is 0.593. The van der Waals surface area contributed by atoms with Gasteiger partial charge in [0.25, 0.3) is 0 Å². The average Bonchev–Trinajstić information content (AvgIpc) is 2.70. The van der Waals surface area contributed by atoms with E-state index >= 15 is 0 Å². The maximum atomic E-state index is 12.4. The lowest BCUT2D eigenvalue weighted by Gasteiger charge is -2.15. The van der Waals surface area contributed by atoms with Gasteiger partial charge in [-0.1, -0.05) is 24.3 Å². The second-order valence-electron chi connectivity index (χ2n) is 5.98. The summed E-state index contributed by atoms with van der Waals surface area (Å²) in [6.45, 7) is 0.533. The highest BCUT2D eigenvalue weighted by molar-refractivity contribution is 7.99. The molecule has 0 unspecified atom stereocenters. The Morgan fingerprint density at radius 3 is 2.54 bits per heavy atom. The van der Waals surface area contributed by atoms with E-state index in [1.807, 2.05) is 30.3 Å². The summed E-state index contributed by atoms with van der Waals surface area (Å²) in [5.74, 6) is 0.784. The molecule has 8 heteroatoms. The molecule has 2 aromatic carbocycles. The fourth-order valence-electron chi connectivity index (χ4n) is 2.29. The third-order valence-corrected chi connectivity index (χ3v) is 6.64. The Labute approximate surface area is 170 Å². The molecule has 0 aromatic heterocycles. The van der Waals surface area contributed by atoms with Crippen LogP contribution in [0.3, 0.4) is 0 Å². The summed E-state index contributed by atoms with van der Waals surface area (Å²) in [5, 5.41) is 2.81. The van der Waals surface area contributed by atoms with Crippen LogP contribution in [0.2, 0.25) is 0 Å². The summed E-state index contributed by atoms with van der Waals surface area (Å²) in [6.07, 6.45) is 2.97. The Hall–Kier alpha value is -2.29. The Balaban J connectivity index is 1.96. The number of carbonyl (C=O) groups is 1. The van der Waals surface area contributed by atoms with Crippen molar-refractivity contribution in [2.24, 2.45) is 0 Å². The lowest BCUT2D eigenvalue weighted by molar-refractivity contribution is -0.116. The highest BCUT2D eigenvalue weighted by Crippen LogP contribution is 2.27. The molecule has 2 rings (SSSR count). The number of nitrogens with zero attached hydrogens (tertiary/aromatic N) is 1. The van der Waals surface area contributed by atoms with Crippen LogP contribution in [0.4, 0.5) is 0 Å². The minimum atomic E-state index is -3.65. The molecule has 1 N–H and O–H groups in total. The van der Waals surface area contributed by atoms with Crippen molar-refractivity contribution in [1.29, 1.82) is 0 Å². The molecule has 0 saturated carbocycles. The van der Waals surface area contributed by atoms with Gasteiger partial charge in [-0.05, 0) is 35.9 Å². The molecule has 0 aliphatic carbocycles. The second kappa shape index (κ2) is 10.3. The molecule has 6 nitrogen and oxygen atoms in total. The zero-order valence-electron chi connectivity index (χ0n) is 16.1. The number of hydrogen-bond donors (Lipinski definition) is 1. The van der Waals surface area contributed by atoms with Crippen molar-refractivity contribution in [2.45, 2.75) is 9.79 Å². The van der Waals surface area contributed by atoms with Crippen LogP contribution in [-0.4, -0.2) is 52.1 Å². The van der Waals surface area contributed by atoms with Gasteiger partial charge in [0, 0.05) is 37.4 Å². The lowest BCUT2D eigenvalue weighted by atomic mass is 10.2. The standard InChI is InChI=1S/C20H24N2O4S2/c1-22(2)28(24,25)19-15-16(9-11-18(19)26-3)10-12-20(23)21-13-14-27-17-7-5-4-6-8-17/h4-12,15H,13-14H2,1-3H3,(H,21,23)/b12-10+. The van der Waals surface area contributed by atoms with E-state index in [9.17, 15) is 13.2 Å². The van der Waals surface area contributed by atoms with E-state index < -0.39 is 10.0 Å². The fourth-order valence-corrected chi connectivity index (χ4v) is 4.16. The molecule has 0 aliphatic heterocycles. The zero-order valence-corrected chi connectivity index (χ0v) is 17.7. The normalized spacial score (nSPS) is 11.7. The van der Waals surface area contributed by atoms with Gasteiger partial charge in [0.2, 0.25) is 15.9 Å². The molecule has 150 valence electrons. The highest BCUT2D eigenvalue weighted by Gasteiger charge is 2.22. The first-order chi connectivity index (χ1) is 13.3. The molecule has 0 radical (unpaired) electrons. The van der Waals surface area contributed by atoms with Crippen LogP contribution in [0.1, 0.15) is 5.56 Å². The van der Waals surface area contributed by atoms with Crippen molar-refractivity contribution in [3.8, 4) is 5.75 Å². The largest absolute Gasteiger partial charge is 0.495 e. The quantitative estimate of drug-likeness (QED) is 0.384. The molecule has 0 fully saturated rings. The van der Waals surface area contributed by atoms with Gasteiger partial charge in [-0.15, -0.1) is 11.8 Å². The first-order valence-corrected chi connectivity index (χ1v) is 11.0. The molecule has 0 heterocycles. The van der Waals surface area contributed by atoms with Gasteiger partial charge in [-0.25, -0.2) is 12.7 Å². The highest BCUT2D eigenvalue weighted by atomic mass is 32.2. The number of thioether (sulfide) groups is 1. The van der Waals surface area contributed by atoms with Gasteiger partial charge in [0.15, 0.2) is 0 Å². The number of rotatable bonds is 9. The van der Waals surface area contributed by atoms with Crippen molar-refractivity contribution >= 4 is 33.8 Å². The van der Waals surface area contributed by atoms with E-state index in [4.69, 9.17) is 4.74 Å². The van der Waals surface area contributed by atoms with Crippen molar-refractivity contribution in [1.82, 2.24) is 9.62 Å². The van der Waals surface area contributed by atoms with Crippen LogP contribution < -0.4 is 10.1 Å². The maximum absolute atomic E-state index is 12.4. The number of carbonyl (C=O) groups excluding carboxylic acids is 1. The van der Waals surface area contributed by atoms with Gasteiger partial charge in [0.05, 0.1) is 7.11 Å². The minimum absolute atomic E-state index is 0.0572. The van der Waals surface area contributed by atoms with E-state index in [-0.39, 0.29) is 16.6 Å². The van der Waals surface area contributed by atoms with E-state index in [1.165, 1.54) is 33.3 Å². The Bertz CT molecular complexity index is 926. The van der Waals surface area contributed by atoms with E-state index in [0.29, 0.717) is 12.1 Å². The smallest absolute Gasteiger partial charge is 0.246 e. The SMILES string of the molecule is COc1ccc(/C=C/C(=O)NCCSc2ccccc2)cc1S(=O)(=O)N(C)C. The molecule has 0 saturated heterocycles. The van der Waals surface area contributed by atoms with E-state index in [1.54, 1.807) is 30.0 Å². The van der Waals surface area contributed by atoms with E-state index in [2.05, 4.69) is 5.32 Å².